The summed E-state index contributed by atoms with van der Waals surface area (Å²) in [7, 11) is 0. The Balaban J connectivity index is 1.31. The SMILES string of the molecule is C[C@]12CC[C@H]3[C@@H](CC[C@@H]4C[C@@](O)(C#CCl)CC[C@@H]43)[C@@H]1CC[C@@H]2C(=O)Cn1nccn1. The zero-order valence-corrected chi connectivity index (χ0v) is 18.5. The van der Waals surface area contributed by atoms with Crippen molar-refractivity contribution in [2.45, 2.75) is 76.9 Å². The molecule has 0 amide bonds. The Bertz CT molecular complexity index is 862. The molecule has 162 valence electrons. The van der Waals surface area contributed by atoms with Gasteiger partial charge in [0.25, 0.3) is 0 Å². The van der Waals surface area contributed by atoms with Gasteiger partial charge in [-0.2, -0.15) is 15.0 Å². The van der Waals surface area contributed by atoms with Gasteiger partial charge in [0.05, 0.1) is 12.4 Å². The molecule has 5 nitrogen and oxygen atoms in total. The topological polar surface area (TPSA) is 68.0 Å². The van der Waals surface area contributed by atoms with Crippen LogP contribution in [-0.4, -0.2) is 31.5 Å². The molecule has 1 aromatic rings. The Hall–Kier alpha value is -1.38. The smallest absolute Gasteiger partial charge is 0.159 e. The first kappa shape index (κ1) is 20.5. The zero-order valence-electron chi connectivity index (χ0n) is 17.8. The third kappa shape index (κ3) is 3.31. The molecule has 4 saturated carbocycles. The lowest BCUT2D eigenvalue weighted by molar-refractivity contribution is -0.132. The van der Waals surface area contributed by atoms with Crippen LogP contribution in [0.15, 0.2) is 12.4 Å². The standard InChI is InChI=1S/C24H32ClN3O2/c1-23-8-6-18-17-7-9-24(30,10-11-25)14-16(17)2-3-19(18)20(23)4-5-21(23)22(29)15-28-26-12-13-27-28/h12-13,16-21,30H,2-9,14-15H2,1H3/t16-,17+,18-,19-,20+,21-,23+,24+/m1/s1. The molecule has 1 heterocycles. The van der Waals surface area contributed by atoms with Crippen LogP contribution in [0.3, 0.4) is 0 Å². The fourth-order valence-electron chi connectivity index (χ4n) is 8.18. The maximum absolute atomic E-state index is 13.1. The summed E-state index contributed by atoms with van der Waals surface area (Å²) >= 11 is 5.61. The highest BCUT2D eigenvalue weighted by Gasteiger charge is 2.58. The highest BCUT2D eigenvalue weighted by Crippen LogP contribution is 2.64. The van der Waals surface area contributed by atoms with Gasteiger partial charge in [0.15, 0.2) is 5.78 Å². The summed E-state index contributed by atoms with van der Waals surface area (Å²) in [5, 5.41) is 21.5. The Kier molecular flexibility index (Phi) is 5.22. The van der Waals surface area contributed by atoms with Crippen molar-refractivity contribution >= 4 is 17.4 Å². The van der Waals surface area contributed by atoms with E-state index in [1.165, 1.54) is 30.5 Å². The highest BCUT2D eigenvalue weighted by atomic mass is 35.5. The number of carbonyl (C=O) groups excluding carboxylic acids is 1. The van der Waals surface area contributed by atoms with Crippen LogP contribution in [0.5, 0.6) is 0 Å². The first-order valence-electron chi connectivity index (χ1n) is 11.7. The fraction of sp³-hybridized carbons (Fsp3) is 0.792. The van der Waals surface area contributed by atoms with Gasteiger partial charge >= 0.3 is 0 Å². The fourth-order valence-corrected chi connectivity index (χ4v) is 8.36. The monoisotopic (exact) mass is 429 g/mol. The number of nitrogens with zero attached hydrogens (tertiary/aromatic N) is 3. The number of Topliss-reactive ketones (excluding diaryl/α,β-unsaturated/α-hetero) is 1. The number of carbonyl (C=O) groups is 1. The second-order valence-electron chi connectivity index (χ2n) is 10.6. The van der Waals surface area contributed by atoms with Crippen LogP contribution in [0.2, 0.25) is 0 Å². The van der Waals surface area contributed by atoms with Gasteiger partial charge in [0.1, 0.15) is 12.1 Å². The number of ketones is 1. The van der Waals surface area contributed by atoms with Gasteiger partial charge in [0, 0.05) is 11.3 Å². The van der Waals surface area contributed by atoms with E-state index in [1.54, 1.807) is 12.4 Å². The molecule has 0 saturated heterocycles. The number of hydrogen-bond donors (Lipinski definition) is 1. The van der Waals surface area contributed by atoms with E-state index in [0.717, 1.165) is 43.9 Å². The molecule has 8 atom stereocenters. The molecule has 0 unspecified atom stereocenters. The van der Waals surface area contributed by atoms with Crippen LogP contribution < -0.4 is 0 Å². The normalized spacial score (nSPS) is 44.9. The summed E-state index contributed by atoms with van der Waals surface area (Å²) in [6.45, 7) is 2.70. The number of fused-ring (bicyclic) bond motifs is 5. The second-order valence-corrected chi connectivity index (χ2v) is 10.8. The van der Waals surface area contributed by atoms with E-state index in [-0.39, 0.29) is 11.3 Å². The highest BCUT2D eigenvalue weighted by molar-refractivity contribution is 6.30. The lowest BCUT2D eigenvalue weighted by Gasteiger charge is -2.56. The van der Waals surface area contributed by atoms with E-state index < -0.39 is 5.60 Å². The predicted octanol–water partition coefficient (Wildman–Crippen LogP) is 4.05. The maximum Gasteiger partial charge on any atom is 0.159 e. The molecular formula is C24H32ClN3O2. The molecule has 0 bridgehead atoms. The van der Waals surface area contributed by atoms with Gasteiger partial charge in [-0.05, 0) is 104 Å². The van der Waals surface area contributed by atoms with Crippen molar-refractivity contribution < 1.29 is 9.90 Å². The minimum Gasteiger partial charge on any atom is -0.378 e. The first-order chi connectivity index (χ1) is 14.4. The van der Waals surface area contributed by atoms with Crippen molar-refractivity contribution in [3.63, 3.8) is 0 Å². The molecule has 0 spiro atoms. The Labute approximate surface area is 183 Å². The van der Waals surface area contributed by atoms with Gasteiger partial charge in [-0.3, -0.25) is 4.79 Å². The first-order valence-corrected chi connectivity index (χ1v) is 12.0. The van der Waals surface area contributed by atoms with Crippen molar-refractivity contribution in [3.05, 3.63) is 12.4 Å². The summed E-state index contributed by atoms with van der Waals surface area (Å²) in [5.74, 6) is 6.72. The van der Waals surface area contributed by atoms with Gasteiger partial charge in [-0.25, -0.2) is 0 Å². The van der Waals surface area contributed by atoms with Crippen LogP contribution >= 0.6 is 11.6 Å². The number of rotatable bonds is 3. The van der Waals surface area contributed by atoms with Crippen LogP contribution in [0.25, 0.3) is 0 Å². The molecule has 4 fully saturated rings. The molecule has 1 N–H and O–H groups in total. The van der Waals surface area contributed by atoms with E-state index in [9.17, 15) is 9.90 Å². The van der Waals surface area contributed by atoms with Crippen LogP contribution in [-0.2, 0) is 11.3 Å². The van der Waals surface area contributed by atoms with E-state index in [4.69, 9.17) is 11.6 Å². The molecule has 0 radical (unpaired) electrons. The predicted molar refractivity (Wildman–Crippen MR) is 114 cm³/mol. The Morgan fingerprint density at radius 1 is 1.10 bits per heavy atom. The summed E-state index contributed by atoms with van der Waals surface area (Å²) in [6, 6.07) is 0. The Morgan fingerprint density at radius 2 is 1.87 bits per heavy atom. The molecule has 1 aromatic heterocycles. The molecule has 0 aliphatic heterocycles. The van der Waals surface area contributed by atoms with Gasteiger partial charge in [-0.1, -0.05) is 12.8 Å². The second kappa shape index (κ2) is 7.64. The molecule has 6 heteroatoms. The van der Waals surface area contributed by atoms with Crippen LogP contribution in [0.1, 0.15) is 64.7 Å². The summed E-state index contributed by atoms with van der Waals surface area (Å²) < 4.78 is 0. The average molecular weight is 430 g/mol. The Morgan fingerprint density at radius 3 is 2.63 bits per heavy atom. The van der Waals surface area contributed by atoms with E-state index in [0.29, 0.717) is 30.1 Å². The van der Waals surface area contributed by atoms with Crippen molar-refractivity contribution in [2.75, 3.05) is 0 Å². The van der Waals surface area contributed by atoms with Crippen molar-refractivity contribution in [3.8, 4) is 11.3 Å². The zero-order chi connectivity index (χ0) is 20.9. The van der Waals surface area contributed by atoms with E-state index in [1.807, 2.05) is 0 Å². The largest absolute Gasteiger partial charge is 0.378 e. The minimum atomic E-state index is -0.885. The van der Waals surface area contributed by atoms with Crippen LogP contribution in [0.4, 0.5) is 0 Å². The lowest BCUT2D eigenvalue weighted by Crippen LogP contribution is -2.51. The van der Waals surface area contributed by atoms with Crippen LogP contribution in [0, 0.1) is 52.2 Å². The summed E-state index contributed by atoms with van der Waals surface area (Å²) in [5.41, 5.74) is -0.762. The molecule has 0 aromatic carbocycles. The third-order valence-electron chi connectivity index (χ3n) is 9.44. The lowest BCUT2D eigenvalue weighted by atomic mass is 9.49. The van der Waals surface area contributed by atoms with Crippen molar-refractivity contribution in [2.24, 2.45) is 40.9 Å². The van der Waals surface area contributed by atoms with Gasteiger partial charge in [0.2, 0.25) is 0 Å². The van der Waals surface area contributed by atoms with Crippen molar-refractivity contribution in [1.29, 1.82) is 0 Å². The number of hydrogen-bond acceptors (Lipinski definition) is 4. The molecule has 4 aliphatic rings. The number of aliphatic hydroxyl groups is 1. The van der Waals surface area contributed by atoms with Gasteiger partial charge in [-0.15, -0.1) is 0 Å². The van der Waals surface area contributed by atoms with Crippen molar-refractivity contribution in [1.82, 2.24) is 15.0 Å². The van der Waals surface area contributed by atoms with E-state index in [2.05, 4.69) is 28.4 Å². The molecular weight excluding hydrogens is 398 g/mol. The number of aromatic nitrogens is 3. The average Bonchev–Trinajstić information content (AvgIpc) is 3.34. The molecule has 5 rings (SSSR count). The molecule has 30 heavy (non-hydrogen) atoms. The van der Waals surface area contributed by atoms with Gasteiger partial charge < -0.3 is 5.11 Å². The summed E-state index contributed by atoms with van der Waals surface area (Å²) in [4.78, 5) is 14.7. The molecule has 4 aliphatic carbocycles. The minimum absolute atomic E-state index is 0.123. The summed E-state index contributed by atoms with van der Waals surface area (Å²) in [6.07, 6.45) is 12.9. The maximum atomic E-state index is 13.1. The van der Waals surface area contributed by atoms with E-state index >= 15 is 0 Å². The third-order valence-corrected chi connectivity index (χ3v) is 9.54. The number of halogens is 1. The quantitative estimate of drug-likeness (QED) is 0.736.